The zero-order chi connectivity index (χ0) is 12.1. The Balaban J connectivity index is 2.90. The van der Waals surface area contributed by atoms with Crippen LogP contribution in [0.3, 0.4) is 0 Å². The van der Waals surface area contributed by atoms with E-state index < -0.39 is 29.3 Å². The fourth-order valence-electron chi connectivity index (χ4n) is 1.06. The molecule has 0 radical (unpaired) electrons. The summed E-state index contributed by atoms with van der Waals surface area (Å²) in [5.74, 6) is -3.47. The second-order valence-corrected chi connectivity index (χ2v) is 3.03. The maximum absolute atomic E-state index is 13.1. The van der Waals surface area contributed by atoms with Crippen LogP contribution in [-0.2, 0) is 0 Å². The molecule has 4 nitrogen and oxygen atoms in total. The molecule has 0 saturated heterocycles. The Morgan fingerprint density at radius 1 is 1.69 bits per heavy atom. The van der Waals surface area contributed by atoms with E-state index in [1.54, 1.807) is 6.92 Å². The minimum absolute atomic E-state index is 0.386. The van der Waals surface area contributed by atoms with Gasteiger partial charge in [-0.05, 0) is 12.5 Å². The average molecular weight is 225 g/mol. The third-order valence-electron chi connectivity index (χ3n) is 1.96. The van der Waals surface area contributed by atoms with E-state index in [0.29, 0.717) is 6.42 Å². The van der Waals surface area contributed by atoms with Gasteiger partial charge < -0.3 is 5.32 Å². The van der Waals surface area contributed by atoms with Crippen molar-refractivity contribution in [1.29, 1.82) is 5.26 Å². The van der Waals surface area contributed by atoms with Crippen molar-refractivity contribution < 1.29 is 13.6 Å². The Labute approximate surface area is 90.9 Å². The van der Waals surface area contributed by atoms with Crippen molar-refractivity contribution in [2.75, 3.05) is 0 Å². The minimum atomic E-state index is -1.34. The van der Waals surface area contributed by atoms with Gasteiger partial charge in [0, 0.05) is 6.20 Å². The topological polar surface area (TPSA) is 65.8 Å². The van der Waals surface area contributed by atoms with Crippen molar-refractivity contribution in [3.8, 4) is 6.07 Å². The normalized spacial score (nSPS) is 11.6. The van der Waals surface area contributed by atoms with Crippen LogP contribution in [0.2, 0.25) is 0 Å². The molecule has 6 heteroatoms. The van der Waals surface area contributed by atoms with Gasteiger partial charge in [-0.2, -0.15) is 9.65 Å². The Morgan fingerprint density at radius 2 is 2.38 bits per heavy atom. The lowest BCUT2D eigenvalue weighted by molar-refractivity contribution is 0.0939. The highest BCUT2D eigenvalue weighted by Crippen LogP contribution is 2.09. The number of aromatic nitrogens is 1. The van der Waals surface area contributed by atoms with E-state index in [0.717, 1.165) is 12.3 Å². The third-order valence-corrected chi connectivity index (χ3v) is 1.96. The Morgan fingerprint density at radius 3 is 2.94 bits per heavy atom. The summed E-state index contributed by atoms with van der Waals surface area (Å²) in [6.07, 6.45) is 1.37. The summed E-state index contributed by atoms with van der Waals surface area (Å²) in [7, 11) is 0. The zero-order valence-electron chi connectivity index (χ0n) is 8.50. The van der Waals surface area contributed by atoms with E-state index in [-0.39, 0.29) is 0 Å². The predicted octanol–water partition coefficient (Wildman–Crippen LogP) is 1.39. The number of nitriles is 1. The number of carbonyl (C=O) groups excluding carboxylic acids is 1. The number of carbonyl (C=O) groups is 1. The van der Waals surface area contributed by atoms with Crippen molar-refractivity contribution in [2.24, 2.45) is 0 Å². The average Bonchev–Trinajstić information content (AvgIpc) is 2.29. The van der Waals surface area contributed by atoms with Crippen LogP contribution in [0.4, 0.5) is 8.78 Å². The van der Waals surface area contributed by atoms with Crippen LogP contribution in [-0.4, -0.2) is 16.9 Å². The van der Waals surface area contributed by atoms with Crippen LogP contribution in [0.5, 0.6) is 0 Å². The second kappa shape index (κ2) is 5.16. The second-order valence-electron chi connectivity index (χ2n) is 3.03. The van der Waals surface area contributed by atoms with Crippen LogP contribution in [0.25, 0.3) is 0 Å². The largest absolute Gasteiger partial charge is 0.336 e. The summed E-state index contributed by atoms with van der Waals surface area (Å²) < 4.78 is 25.8. The van der Waals surface area contributed by atoms with Crippen molar-refractivity contribution in [3.63, 3.8) is 0 Å². The van der Waals surface area contributed by atoms with E-state index in [4.69, 9.17) is 5.26 Å². The van der Waals surface area contributed by atoms with E-state index in [1.807, 2.05) is 6.07 Å². The van der Waals surface area contributed by atoms with Gasteiger partial charge in [0.25, 0.3) is 5.91 Å². The molecule has 1 aromatic heterocycles. The summed E-state index contributed by atoms with van der Waals surface area (Å²) in [4.78, 5) is 14.5. The lowest BCUT2D eigenvalue weighted by Crippen LogP contribution is -2.33. The molecule has 1 N–H and O–H groups in total. The summed E-state index contributed by atoms with van der Waals surface area (Å²) in [6, 6.07) is 2.16. The standard InChI is InChI=1S/C10H9F2N3O/c1-2-6(5-13)15-10(16)7-3-4-14-9(12)8(7)11/h3-4,6H,2H2,1H3,(H,15,16). The molecule has 0 aromatic carbocycles. The fraction of sp³-hybridized carbons (Fsp3) is 0.300. The summed E-state index contributed by atoms with van der Waals surface area (Å²) in [5, 5.41) is 10.9. The molecule has 1 atom stereocenters. The third kappa shape index (κ3) is 2.51. The number of amides is 1. The molecule has 1 rings (SSSR count). The van der Waals surface area contributed by atoms with Crippen molar-refractivity contribution in [1.82, 2.24) is 10.3 Å². The summed E-state index contributed by atoms with van der Waals surface area (Å²) >= 11 is 0. The Bertz CT molecular complexity index is 442. The number of nitrogens with one attached hydrogen (secondary N) is 1. The van der Waals surface area contributed by atoms with Crippen molar-refractivity contribution >= 4 is 5.91 Å². The van der Waals surface area contributed by atoms with Gasteiger partial charge in [0.1, 0.15) is 6.04 Å². The first-order valence-electron chi connectivity index (χ1n) is 4.60. The van der Waals surface area contributed by atoms with Gasteiger partial charge in [-0.15, -0.1) is 0 Å². The fourth-order valence-corrected chi connectivity index (χ4v) is 1.06. The lowest BCUT2D eigenvalue weighted by Gasteiger charge is -2.09. The minimum Gasteiger partial charge on any atom is -0.336 e. The van der Waals surface area contributed by atoms with Crippen molar-refractivity contribution in [2.45, 2.75) is 19.4 Å². The van der Waals surface area contributed by atoms with Crippen LogP contribution in [0.1, 0.15) is 23.7 Å². The van der Waals surface area contributed by atoms with Crippen LogP contribution >= 0.6 is 0 Å². The molecular formula is C10H9F2N3O. The van der Waals surface area contributed by atoms with E-state index in [2.05, 4.69) is 10.3 Å². The van der Waals surface area contributed by atoms with Crippen LogP contribution < -0.4 is 5.32 Å². The highest BCUT2D eigenvalue weighted by molar-refractivity contribution is 5.94. The SMILES string of the molecule is CCC(C#N)NC(=O)c1ccnc(F)c1F. The number of hydrogen-bond acceptors (Lipinski definition) is 3. The van der Waals surface area contributed by atoms with E-state index in [1.165, 1.54) is 0 Å². The first-order valence-corrected chi connectivity index (χ1v) is 4.60. The highest BCUT2D eigenvalue weighted by Gasteiger charge is 2.18. The van der Waals surface area contributed by atoms with Gasteiger partial charge in [0.15, 0.2) is 5.82 Å². The molecular weight excluding hydrogens is 216 g/mol. The molecule has 16 heavy (non-hydrogen) atoms. The summed E-state index contributed by atoms with van der Waals surface area (Å²) in [5.41, 5.74) is -0.457. The first-order chi connectivity index (χ1) is 7.60. The molecule has 0 aliphatic rings. The molecule has 1 aromatic rings. The van der Waals surface area contributed by atoms with Gasteiger partial charge in [-0.3, -0.25) is 4.79 Å². The molecule has 84 valence electrons. The van der Waals surface area contributed by atoms with Gasteiger partial charge in [-0.25, -0.2) is 9.37 Å². The molecule has 0 spiro atoms. The van der Waals surface area contributed by atoms with Gasteiger partial charge >= 0.3 is 0 Å². The van der Waals surface area contributed by atoms with Crippen molar-refractivity contribution in [3.05, 3.63) is 29.6 Å². The Kier molecular flexibility index (Phi) is 3.89. The predicted molar refractivity (Wildman–Crippen MR) is 51.3 cm³/mol. The van der Waals surface area contributed by atoms with E-state index >= 15 is 0 Å². The van der Waals surface area contributed by atoms with Crippen LogP contribution in [0, 0.1) is 23.1 Å². The van der Waals surface area contributed by atoms with E-state index in [9.17, 15) is 13.6 Å². The van der Waals surface area contributed by atoms with Gasteiger partial charge in [-0.1, -0.05) is 6.92 Å². The monoisotopic (exact) mass is 225 g/mol. The lowest BCUT2D eigenvalue weighted by atomic mass is 10.2. The number of halogens is 2. The maximum Gasteiger partial charge on any atom is 0.255 e. The molecule has 0 saturated carbocycles. The van der Waals surface area contributed by atoms with Gasteiger partial charge in [0.2, 0.25) is 5.95 Å². The molecule has 1 unspecified atom stereocenters. The molecule has 1 heterocycles. The highest BCUT2D eigenvalue weighted by atomic mass is 19.2. The molecule has 0 aliphatic heterocycles. The number of pyridine rings is 1. The number of hydrogen-bond donors (Lipinski definition) is 1. The maximum atomic E-state index is 13.1. The molecule has 0 aliphatic carbocycles. The number of rotatable bonds is 3. The zero-order valence-corrected chi connectivity index (χ0v) is 8.50. The van der Waals surface area contributed by atoms with Crippen LogP contribution in [0.15, 0.2) is 12.3 Å². The number of nitrogens with zero attached hydrogens (tertiary/aromatic N) is 2. The first kappa shape index (κ1) is 12.0. The Hall–Kier alpha value is -2.03. The van der Waals surface area contributed by atoms with Gasteiger partial charge in [0.05, 0.1) is 11.6 Å². The molecule has 1 amide bonds. The molecule has 0 fully saturated rings. The smallest absolute Gasteiger partial charge is 0.255 e. The summed E-state index contributed by atoms with van der Waals surface area (Å²) in [6.45, 7) is 1.69. The quantitative estimate of drug-likeness (QED) is 0.790. The molecule has 0 bridgehead atoms.